The molecule has 2 heterocycles. The summed E-state index contributed by atoms with van der Waals surface area (Å²) in [6, 6.07) is 3.71. The second-order valence-corrected chi connectivity index (χ2v) is 4.18. The van der Waals surface area contributed by atoms with Crippen molar-refractivity contribution in [1.29, 1.82) is 0 Å². The molecule has 1 aromatic heterocycles. The van der Waals surface area contributed by atoms with E-state index in [1.165, 1.54) is 0 Å². The molecule has 104 valence electrons. The molecular weight excluding hydrogens is 254 g/mol. The Morgan fingerprint density at radius 2 is 2.45 bits per heavy atom. The van der Waals surface area contributed by atoms with Crippen molar-refractivity contribution in [3.05, 3.63) is 47.4 Å². The van der Waals surface area contributed by atoms with Crippen LogP contribution in [0.3, 0.4) is 0 Å². The minimum atomic E-state index is -0.354. The molecule has 5 heteroatoms. The highest BCUT2D eigenvalue weighted by Gasteiger charge is 2.20. The average Bonchev–Trinajstić information content (AvgIpc) is 2.94. The first kappa shape index (κ1) is 14.0. The van der Waals surface area contributed by atoms with Gasteiger partial charge in [-0.2, -0.15) is 0 Å². The summed E-state index contributed by atoms with van der Waals surface area (Å²) in [6.45, 7) is 2.13. The smallest absolute Gasteiger partial charge is 0.340 e. The van der Waals surface area contributed by atoms with Crippen LogP contribution < -0.4 is 5.32 Å². The number of ether oxygens (including phenoxy) is 1. The van der Waals surface area contributed by atoms with Crippen molar-refractivity contribution in [2.75, 3.05) is 13.7 Å². The molecule has 1 aromatic rings. The Balaban J connectivity index is 2.31. The number of aliphatic imine (C=N–C) groups is 1. The van der Waals surface area contributed by atoms with Gasteiger partial charge in [0, 0.05) is 25.9 Å². The van der Waals surface area contributed by atoms with Crippen molar-refractivity contribution < 1.29 is 9.53 Å². The number of rotatable bonds is 4. The molecule has 0 aromatic carbocycles. The van der Waals surface area contributed by atoms with Gasteiger partial charge in [-0.05, 0) is 24.6 Å². The molecule has 1 aliphatic rings. The van der Waals surface area contributed by atoms with Crippen molar-refractivity contribution in [2.24, 2.45) is 4.99 Å². The Hall–Kier alpha value is -2.43. The zero-order valence-electron chi connectivity index (χ0n) is 11.6. The summed E-state index contributed by atoms with van der Waals surface area (Å²) in [5, 5.41) is 3.12. The van der Waals surface area contributed by atoms with Crippen LogP contribution in [0.25, 0.3) is 6.08 Å². The summed E-state index contributed by atoms with van der Waals surface area (Å²) in [6.07, 6.45) is 7.78. The lowest BCUT2D eigenvalue weighted by Crippen LogP contribution is -2.21. The first-order valence-electron chi connectivity index (χ1n) is 6.46. The van der Waals surface area contributed by atoms with E-state index in [1.807, 2.05) is 18.2 Å². The highest BCUT2D eigenvalue weighted by molar-refractivity contribution is 6.02. The van der Waals surface area contributed by atoms with Crippen molar-refractivity contribution >= 4 is 17.9 Å². The molecule has 0 spiro atoms. The van der Waals surface area contributed by atoms with Crippen LogP contribution in [0.2, 0.25) is 0 Å². The molecule has 0 unspecified atom stereocenters. The SMILES string of the molecule is CCOC(=O)/C(=C\c1cccnc1)C1=CCC(=NC)N1. The van der Waals surface area contributed by atoms with Gasteiger partial charge in [-0.3, -0.25) is 9.98 Å². The lowest BCUT2D eigenvalue weighted by molar-refractivity contribution is -0.138. The van der Waals surface area contributed by atoms with Gasteiger partial charge in [-0.1, -0.05) is 12.1 Å². The minimum Gasteiger partial charge on any atom is -0.462 e. The molecule has 1 N–H and O–H groups in total. The maximum Gasteiger partial charge on any atom is 0.340 e. The number of pyridine rings is 1. The largest absolute Gasteiger partial charge is 0.462 e. The van der Waals surface area contributed by atoms with Crippen LogP contribution in [0.4, 0.5) is 0 Å². The number of carbonyl (C=O) groups is 1. The molecule has 0 bridgehead atoms. The van der Waals surface area contributed by atoms with Crippen molar-refractivity contribution in [1.82, 2.24) is 10.3 Å². The predicted octanol–water partition coefficient (Wildman–Crippen LogP) is 1.93. The van der Waals surface area contributed by atoms with Gasteiger partial charge in [0.05, 0.1) is 17.9 Å². The lowest BCUT2D eigenvalue weighted by atomic mass is 10.1. The molecule has 0 amide bonds. The van der Waals surface area contributed by atoms with Crippen LogP contribution in [0.1, 0.15) is 18.9 Å². The summed E-state index contributed by atoms with van der Waals surface area (Å²) in [5.74, 6) is 0.480. The number of nitrogens with zero attached hydrogens (tertiary/aromatic N) is 2. The molecule has 0 saturated heterocycles. The fraction of sp³-hybridized carbons (Fsp3) is 0.267. The number of nitrogens with one attached hydrogen (secondary N) is 1. The number of hydrogen-bond donors (Lipinski definition) is 1. The summed E-state index contributed by atoms with van der Waals surface area (Å²) in [4.78, 5) is 20.2. The Labute approximate surface area is 118 Å². The first-order chi connectivity index (χ1) is 9.74. The number of aromatic nitrogens is 1. The number of esters is 1. The molecule has 0 atom stereocenters. The highest BCUT2D eigenvalue weighted by atomic mass is 16.5. The molecule has 0 saturated carbocycles. The Bertz CT molecular complexity index is 574. The van der Waals surface area contributed by atoms with Gasteiger partial charge in [0.25, 0.3) is 0 Å². The third kappa shape index (κ3) is 3.32. The standard InChI is InChI=1S/C15H17N3O2/c1-3-20-15(19)12(9-11-5-4-8-17-10-11)13-6-7-14(16-2)18-13/h4-6,8-10H,3,7H2,1-2H3,(H,16,18)/b12-9-. The third-order valence-corrected chi connectivity index (χ3v) is 2.83. The maximum atomic E-state index is 12.1. The molecule has 20 heavy (non-hydrogen) atoms. The van der Waals surface area contributed by atoms with Gasteiger partial charge in [-0.15, -0.1) is 0 Å². The minimum absolute atomic E-state index is 0.339. The van der Waals surface area contributed by atoms with Crippen LogP contribution in [0.5, 0.6) is 0 Å². The molecule has 1 aliphatic heterocycles. The van der Waals surface area contributed by atoms with Crippen LogP contribution in [-0.4, -0.2) is 30.4 Å². The van der Waals surface area contributed by atoms with E-state index in [2.05, 4.69) is 15.3 Å². The van der Waals surface area contributed by atoms with Gasteiger partial charge >= 0.3 is 5.97 Å². The summed E-state index contributed by atoms with van der Waals surface area (Å²) < 4.78 is 5.11. The Kier molecular flexibility index (Phi) is 4.65. The highest BCUT2D eigenvalue weighted by Crippen LogP contribution is 2.18. The molecule has 5 nitrogen and oxygen atoms in total. The quantitative estimate of drug-likeness (QED) is 0.671. The van der Waals surface area contributed by atoms with E-state index in [1.54, 1.807) is 32.4 Å². The summed E-state index contributed by atoms with van der Waals surface area (Å²) in [5.41, 5.74) is 2.06. The van der Waals surface area contributed by atoms with E-state index in [0.717, 1.165) is 17.1 Å². The van der Waals surface area contributed by atoms with Crippen LogP contribution in [-0.2, 0) is 9.53 Å². The second kappa shape index (κ2) is 6.65. The molecule has 0 aliphatic carbocycles. The van der Waals surface area contributed by atoms with Crippen LogP contribution in [0.15, 0.2) is 46.9 Å². The molecule has 2 rings (SSSR count). The zero-order chi connectivity index (χ0) is 14.4. The Morgan fingerprint density at radius 3 is 3.05 bits per heavy atom. The van der Waals surface area contributed by atoms with Gasteiger partial charge in [0.1, 0.15) is 5.84 Å². The van der Waals surface area contributed by atoms with E-state index in [9.17, 15) is 4.79 Å². The van der Waals surface area contributed by atoms with Crippen LogP contribution in [0, 0.1) is 0 Å². The van der Waals surface area contributed by atoms with Crippen molar-refractivity contribution in [3.8, 4) is 0 Å². The molecular formula is C15H17N3O2. The van der Waals surface area contributed by atoms with Crippen LogP contribution >= 0.6 is 0 Å². The van der Waals surface area contributed by atoms with E-state index in [-0.39, 0.29) is 5.97 Å². The monoisotopic (exact) mass is 271 g/mol. The molecule has 0 fully saturated rings. The normalized spacial score (nSPS) is 16.8. The maximum absolute atomic E-state index is 12.1. The Morgan fingerprint density at radius 1 is 1.60 bits per heavy atom. The summed E-state index contributed by atoms with van der Waals surface area (Å²) >= 11 is 0. The lowest BCUT2D eigenvalue weighted by Gasteiger charge is -2.09. The summed E-state index contributed by atoms with van der Waals surface area (Å²) in [7, 11) is 1.72. The topological polar surface area (TPSA) is 63.6 Å². The average molecular weight is 271 g/mol. The fourth-order valence-corrected chi connectivity index (χ4v) is 1.86. The molecule has 0 radical (unpaired) electrons. The van der Waals surface area contributed by atoms with Gasteiger partial charge in [-0.25, -0.2) is 4.79 Å². The van der Waals surface area contributed by atoms with Gasteiger partial charge in [0.15, 0.2) is 0 Å². The predicted molar refractivity (Wildman–Crippen MR) is 78.0 cm³/mol. The third-order valence-electron chi connectivity index (χ3n) is 2.83. The van der Waals surface area contributed by atoms with E-state index in [4.69, 9.17) is 4.74 Å². The van der Waals surface area contributed by atoms with E-state index in [0.29, 0.717) is 18.6 Å². The van der Waals surface area contributed by atoms with Gasteiger partial charge in [0.2, 0.25) is 0 Å². The number of amidine groups is 1. The van der Waals surface area contributed by atoms with Gasteiger partial charge < -0.3 is 10.1 Å². The fourth-order valence-electron chi connectivity index (χ4n) is 1.86. The number of carbonyl (C=O) groups excluding carboxylic acids is 1. The number of hydrogen-bond acceptors (Lipinski definition) is 4. The second-order valence-electron chi connectivity index (χ2n) is 4.18. The zero-order valence-corrected chi connectivity index (χ0v) is 11.6. The van der Waals surface area contributed by atoms with Crippen molar-refractivity contribution in [3.63, 3.8) is 0 Å². The van der Waals surface area contributed by atoms with Crippen molar-refractivity contribution in [2.45, 2.75) is 13.3 Å². The van der Waals surface area contributed by atoms with E-state index < -0.39 is 0 Å². The first-order valence-corrected chi connectivity index (χ1v) is 6.46. The van der Waals surface area contributed by atoms with E-state index >= 15 is 0 Å².